The Kier molecular flexibility index (Phi) is 7.62. The SMILES string of the molecule is CCCn1c(SCC(=O)NCC(=O)Nc2c(C)cc(C)cc2C)nc2cc(Cl)ccc21. The number of carbonyl (C=O) groups excluding carboxylic acids is 2. The quantitative estimate of drug-likeness (QED) is 0.472. The summed E-state index contributed by atoms with van der Waals surface area (Å²) < 4.78 is 2.10. The van der Waals surface area contributed by atoms with Crippen LogP contribution in [0.25, 0.3) is 11.0 Å². The summed E-state index contributed by atoms with van der Waals surface area (Å²) in [7, 11) is 0. The lowest BCUT2D eigenvalue weighted by molar-refractivity contribution is -0.122. The molecule has 8 heteroatoms. The Morgan fingerprint density at radius 3 is 2.48 bits per heavy atom. The van der Waals surface area contributed by atoms with Crippen molar-refractivity contribution in [3.8, 4) is 0 Å². The van der Waals surface area contributed by atoms with E-state index >= 15 is 0 Å². The summed E-state index contributed by atoms with van der Waals surface area (Å²) in [4.78, 5) is 29.3. The molecule has 2 N–H and O–H groups in total. The molecule has 2 amide bonds. The Balaban J connectivity index is 1.57. The van der Waals surface area contributed by atoms with Crippen molar-refractivity contribution in [1.82, 2.24) is 14.9 Å². The van der Waals surface area contributed by atoms with Crippen molar-refractivity contribution in [2.24, 2.45) is 0 Å². The van der Waals surface area contributed by atoms with Crippen LogP contribution in [0.3, 0.4) is 0 Å². The number of aromatic nitrogens is 2. The predicted molar refractivity (Wildman–Crippen MR) is 128 cm³/mol. The Bertz CT molecular complexity index is 1100. The number of hydrogen-bond donors (Lipinski definition) is 2. The molecule has 0 saturated carbocycles. The molecule has 0 saturated heterocycles. The predicted octanol–water partition coefficient (Wildman–Crippen LogP) is 4.87. The zero-order valence-corrected chi connectivity index (χ0v) is 19.8. The molecule has 0 atom stereocenters. The van der Waals surface area contributed by atoms with Gasteiger partial charge in [-0.05, 0) is 56.5 Å². The first-order chi connectivity index (χ1) is 14.8. The van der Waals surface area contributed by atoms with Crippen molar-refractivity contribution in [2.45, 2.75) is 45.8 Å². The highest BCUT2D eigenvalue weighted by Gasteiger charge is 2.14. The van der Waals surface area contributed by atoms with Crippen LogP contribution in [0.15, 0.2) is 35.5 Å². The van der Waals surface area contributed by atoms with Crippen molar-refractivity contribution in [3.05, 3.63) is 52.0 Å². The van der Waals surface area contributed by atoms with Crippen LogP contribution in [0, 0.1) is 20.8 Å². The Morgan fingerprint density at radius 1 is 1.10 bits per heavy atom. The molecule has 1 heterocycles. The first kappa shape index (κ1) is 23.2. The summed E-state index contributed by atoms with van der Waals surface area (Å²) in [6, 6.07) is 9.66. The van der Waals surface area contributed by atoms with E-state index in [0.717, 1.165) is 51.5 Å². The van der Waals surface area contributed by atoms with Gasteiger partial charge in [0.1, 0.15) is 0 Å². The number of aryl methyl sites for hydroxylation is 4. The maximum atomic E-state index is 12.3. The highest BCUT2D eigenvalue weighted by atomic mass is 35.5. The Hall–Kier alpha value is -2.51. The summed E-state index contributed by atoms with van der Waals surface area (Å²) in [6.07, 6.45) is 0.950. The van der Waals surface area contributed by atoms with Crippen molar-refractivity contribution in [2.75, 3.05) is 17.6 Å². The van der Waals surface area contributed by atoms with Gasteiger partial charge in [-0.25, -0.2) is 4.98 Å². The lowest BCUT2D eigenvalue weighted by atomic mass is 10.1. The van der Waals surface area contributed by atoms with Crippen LogP contribution in [0.5, 0.6) is 0 Å². The molecule has 2 aromatic carbocycles. The van der Waals surface area contributed by atoms with E-state index in [-0.39, 0.29) is 24.1 Å². The van der Waals surface area contributed by atoms with Gasteiger partial charge in [-0.2, -0.15) is 0 Å². The van der Waals surface area contributed by atoms with E-state index < -0.39 is 0 Å². The second-order valence-corrected chi connectivity index (χ2v) is 8.95. The monoisotopic (exact) mass is 458 g/mol. The number of nitrogens with zero attached hydrogens (tertiary/aromatic N) is 2. The van der Waals surface area contributed by atoms with Gasteiger partial charge in [0, 0.05) is 17.3 Å². The second-order valence-electron chi connectivity index (χ2n) is 7.57. The molecule has 3 aromatic rings. The number of fused-ring (bicyclic) bond motifs is 1. The van der Waals surface area contributed by atoms with Gasteiger partial charge in [-0.15, -0.1) is 0 Å². The van der Waals surface area contributed by atoms with Crippen LogP contribution >= 0.6 is 23.4 Å². The van der Waals surface area contributed by atoms with E-state index in [0.29, 0.717) is 5.02 Å². The zero-order valence-electron chi connectivity index (χ0n) is 18.2. The van der Waals surface area contributed by atoms with Crippen LogP contribution in [0.1, 0.15) is 30.0 Å². The van der Waals surface area contributed by atoms with Crippen LogP contribution < -0.4 is 10.6 Å². The van der Waals surface area contributed by atoms with Gasteiger partial charge in [0.05, 0.1) is 23.3 Å². The van der Waals surface area contributed by atoms with E-state index in [1.54, 1.807) is 0 Å². The number of rotatable bonds is 8. The standard InChI is InChI=1S/C23H27ClN4O2S/c1-5-8-28-19-7-6-17(24)11-18(19)26-23(28)31-13-21(30)25-12-20(29)27-22-15(3)9-14(2)10-16(22)4/h6-7,9-11H,5,8,12-13H2,1-4H3,(H,25,30)(H,27,29). The number of nitrogens with one attached hydrogen (secondary N) is 2. The molecule has 0 aliphatic heterocycles. The van der Waals surface area contributed by atoms with Crippen LogP contribution in [0.4, 0.5) is 5.69 Å². The number of hydrogen-bond acceptors (Lipinski definition) is 4. The van der Waals surface area contributed by atoms with E-state index in [2.05, 4.69) is 27.1 Å². The number of halogens is 1. The maximum absolute atomic E-state index is 12.3. The molecule has 0 aliphatic rings. The lowest BCUT2D eigenvalue weighted by Crippen LogP contribution is -2.34. The molecule has 0 fully saturated rings. The molecule has 6 nitrogen and oxygen atoms in total. The van der Waals surface area contributed by atoms with Gasteiger partial charge in [0.15, 0.2) is 5.16 Å². The molecule has 31 heavy (non-hydrogen) atoms. The summed E-state index contributed by atoms with van der Waals surface area (Å²) in [6.45, 7) is 8.76. The number of thioether (sulfide) groups is 1. The van der Waals surface area contributed by atoms with Crippen molar-refractivity contribution in [3.63, 3.8) is 0 Å². The largest absolute Gasteiger partial charge is 0.346 e. The minimum atomic E-state index is -0.249. The highest BCUT2D eigenvalue weighted by Crippen LogP contribution is 2.26. The number of amides is 2. The smallest absolute Gasteiger partial charge is 0.243 e. The summed E-state index contributed by atoms with van der Waals surface area (Å²) in [5, 5.41) is 6.98. The Morgan fingerprint density at radius 2 is 1.81 bits per heavy atom. The molecule has 0 bridgehead atoms. The number of imidazole rings is 1. The van der Waals surface area contributed by atoms with Crippen LogP contribution in [0.2, 0.25) is 5.02 Å². The molecule has 3 rings (SSSR count). The third-order valence-corrected chi connectivity index (χ3v) is 6.05. The number of anilines is 1. The van der Waals surface area contributed by atoms with Gasteiger partial charge >= 0.3 is 0 Å². The highest BCUT2D eigenvalue weighted by molar-refractivity contribution is 7.99. The summed E-state index contributed by atoms with van der Waals surface area (Å²) in [5.74, 6) is -0.289. The topological polar surface area (TPSA) is 76.0 Å². The Labute approximate surface area is 191 Å². The van der Waals surface area contributed by atoms with E-state index in [1.165, 1.54) is 11.8 Å². The zero-order chi connectivity index (χ0) is 22.5. The number of benzene rings is 2. The molecule has 0 aliphatic carbocycles. The third kappa shape index (κ3) is 5.80. The fourth-order valence-corrected chi connectivity index (χ4v) is 4.59. The van der Waals surface area contributed by atoms with Crippen molar-refractivity contribution < 1.29 is 9.59 Å². The summed E-state index contributed by atoms with van der Waals surface area (Å²) in [5.41, 5.74) is 5.76. The molecule has 0 unspecified atom stereocenters. The van der Waals surface area contributed by atoms with Crippen LogP contribution in [-0.2, 0) is 16.1 Å². The molecule has 0 spiro atoms. The minimum Gasteiger partial charge on any atom is -0.346 e. The maximum Gasteiger partial charge on any atom is 0.243 e. The van der Waals surface area contributed by atoms with Gasteiger partial charge in [0.2, 0.25) is 11.8 Å². The van der Waals surface area contributed by atoms with E-state index in [1.807, 2.05) is 51.1 Å². The van der Waals surface area contributed by atoms with E-state index in [9.17, 15) is 9.59 Å². The first-order valence-corrected chi connectivity index (χ1v) is 11.6. The van der Waals surface area contributed by atoms with Crippen molar-refractivity contribution >= 4 is 51.9 Å². The first-order valence-electron chi connectivity index (χ1n) is 10.2. The second kappa shape index (κ2) is 10.2. The summed E-state index contributed by atoms with van der Waals surface area (Å²) >= 11 is 7.44. The average Bonchev–Trinajstić information content (AvgIpc) is 3.04. The van der Waals surface area contributed by atoms with Crippen LogP contribution in [-0.4, -0.2) is 33.7 Å². The van der Waals surface area contributed by atoms with Gasteiger partial charge in [-0.3, -0.25) is 9.59 Å². The molecule has 164 valence electrons. The fraction of sp³-hybridized carbons (Fsp3) is 0.348. The molecule has 0 radical (unpaired) electrons. The van der Waals surface area contributed by atoms with Gasteiger partial charge in [-0.1, -0.05) is 48.0 Å². The van der Waals surface area contributed by atoms with Gasteiger partial charge in [0.25, 0.3) is 0 Å². The van der Waals surface area contributed by atoms with Gasteiger partial charge < -0.3 is 15.2 Å². The van der Waals surface area contributed by atoms with Crippen molar-refractivity contribution in [1.29, 1.82) is 0 Å². The molecule has 1 aromatic heterocycles. The lowest BCUT2D eigenvalue weighted by Gasteiger charge is -2.13. The normalized spacial score (nSPS) is 11.0. The number of carbonyl (C=O) groups is 2. The molecular formula is C23H27ClN4O2S. The molecular weight excluding hydrogens is 432 g/mol. The average molecular weight is 459 g/mol. The van der Waals surface area contributed by atoms with E-state index in [4.69, 9.17) is 11.6 Å². The fourth-order valence-electron chi connectivity index (χ4n) is 3.55. The third-order valence-electron chi connectivity index (χ3n) is 4.84. The minimum absolute atomic E-state index is 0.0763.